The van der Waals surface area contributed by atoms with Gasteiger partial charge in [-0.3, -0.25) is 9.59 Å². The Morgan fingerprint density at radius 3 is 2.31 bits per heavy atom. The van der Waals surface area contributed by atoms with Gasteiger partial charge >= 0.3 is 0 Å². The van der Waals surface area contributed by atoms with E-state index in [1.54, 1.807) is 7.11 Å². The van der Waals surface area contributed by atoms with Gasteiger partial charge in [-0.2, -0.15) is 0 Å². The van der Waals surface area contributed by atoms with Crippen molar-refractivity contribution < 1.29 is 14.3 Å². The molecule has 2 aromatic rings. The summed E-state index contributed by atoms with van der Waals surface area (Å²) in [4.78, 5) is 26.6. The Balaban J connectivity index is 1.73. The first-order chi connectivity index (χ1) is 13.9. The van der Waals surface area contributed by atoms with Crippen LogP contribution in [0.4, 0.5) is 0 Å². The molecule has 1 saturated heterocycles. The number of aryl methyl sites for hydroxylation is 1. The molecule has 1 unspecified atom stereocenters. The van der Waals surface area contributed by atoms with Crippen LogP contribution in [0.1, 0.15) is 48.3 Å². The Morgan fingerprint density at radius 1 is 1.03 bits per heavy atom. The van der Waals surface area contributed by atoms with E-state index >= 15 is 0 Å². The predicted octanol–water partition coefficient (Wildman–Crippen LogP) is 4.73. The summed E-state index contributed by atoms with van der Waals surface area (Å²) in [7, 11) is 1.70. The number of amides is 1. The first kappa shape index (κ1) is 20.1. The van der Waals surface area contributed by atoms with Crippen molar-refractivity contribution in [3.05, 3.63) is 58.1 Å². The van der Waals surface area contributed by atoms with Crippen LogP contribution in [0, 0.1) is 13.8 Å². The maximum absolute atomic E-state index is 13.5. The van der Waals surface area contributed by atoms with Crippen molar-refractivity contribution >= 4 is 23.3 Å². The monoisotopic (exact) mass is 411 g/mol. The SMILES string of the molecule is COC1CCC2(CC1)NC(=O)C(c1c(C)ccc(-c3ccc(Cl)cc3)c1C)C2=O. The van der Waals surface area contributed by atoms with Crippen LogP contribution < -0.4 is 5.32 Å². The molecule has 1 atom stereocenters. The number of carbonyl (C=O) groups excluding carboxylic acids is 2. The second kappa shape index (κ2) is 7.58. The maximum Gasteiger partial charge on any atom is 0.235 e. The summed E-state index contributed by atoms with van der Waals surface area (Å²) in [6.45, 7) is 3.97. The van der Waals surface area contributed by atoms with Crippen LogP contribution in [-0.4, -0.2) is 30.4 Å². The lowest BCUT2D eigenvalue weighted by Gasteiger charge is -2.35. The summed E-state index contributed by atoms with van der Waals surface area (Å²) in [5.74, 6) is -0.914. The number of methoxy groups -OCH3 is 1. The fourth-order valence-electron chi connectivity index (χ4n) is 4.97. The molecule has 1 N–H and O–H groups in total. The Kier molecular flexibility index (Phi) is 5.26. The van der Waals surface area contributed by atoms with Crippen LogP contribution in [0.2, 0.25) is 5.02 Å². The molecule has 152 valence electrons. The second-order valence-corrected chi connectivity index (χ2v) is 8.72. The molecule has 2 aliphatic rings. The molecular formula is C24H26ClNO3. The molecular weight excluding hydrogens is 386 g/mol. The first-order valence-corrected chi connectivity index (χ1v) is 10.5. The molecule has 2 aromatic carbocycles. The lowest BCUT2D eigenvalue weighted by molar-refractivity contribution is -0.126. The first-order valence-electron chi connectivity index (χ1n) is 10.1. The number of hydrogen-bond donors (Lipinski definition) is 1. The number of ether oxygens (including phenoxy) is 1. The Labute approximate surface area is 176 Å². The quantitative estimate of drug-likeness (QED) is 0.742. The van der Waals surface area contributed by atoms with Crippen molar-refractivity contribution in [1.29, 1.82) is 0 Å². The molecule has 0 radical (unpaired) electrons. The van der Waals surface area contributed by atoms with Gasteiger partial charge in [-0.25, -0.2) is 0 Å². The van der Waals surface area contributed by atoms with Gasteiger partial charge in [0.1, 0.15) is 5.92 Å². The van der Waals surface area contributed by atoms with Gasteiger partial charge in [-0.1, -0.05) is 35.9 Å². The van der Waals surface area contributed by atoms with Gasteiger partial charge in [0.15, 0.2) is 5.78 Å². The third kappa shape index (κ3) is 3.38. The summed E-state index contributed by atoms with van der Waals surface area (Å²) >= 11 is 6.03. The van der Waals surface area contributed by atoms with Crippen molar-refractivity contribution in [1.82, 2.24) is 5.32 Å². The maximum atomic E-state index is 13.5. The number of Topliss-reactive ketones (excluding diaryl/α,β-unsaturated/α-hetero) is 1. The van der Waals surface area contributed by atoms with E-state index in [0.29, 0.717) is 17.9 Å². The molecule has 0 bridgehead atoms. The molecule has 1 aliphatic carbocycles. The van der Waals surface area contributed by atoms with Gasteiger partial charge in [0.25, 0.3) is 0 Å². The average molecular weight is 412 g/mol. The molecule has 1 aliphatic heterocycles. The van der Waals surface area contributed by atoms with Crippen molar-refractivity contribution in [2.75, 3.05) is 7.11 Å². The molecule has 0 aromatic heterocycles. The number of nitrogens with one attached hydrogen (secondary N) is 1. The van der Waals surface area contributed by atoms with Gasteiger partial charge in [-0.15, -0.1) is 0 Å². The fourth-order valence-corrected chi connectivity index (χ4v) is 5.09. The highest BCUT2D eigenvalue weighted by Crippen LogP contribution is 2.42. The molecule has 4 rings (SSSR count). The Hall–Kier alpha value is -2.17. The van der Waals surface area contributed by atoms with Crippen LogP contribution in [0.15, 0.2) is 36.4 Å². The number of rotatable bonds is 3. The molecule has 29 heavy (non-hydrogen) atoms. The summed E-state index contributed by atoms with van der Waals surface area (Å²) in [6.07, 6.45) is 3.03. The van der Waals surface area contributed by atoms with Crippen molar-refractivity contribution in [3.63, 3.8) is 0 Å². The van der Waals surface area contributed by atoms with Gasteiger partial charge in [-0.05, 0) is 79.5 Å². The third-order valence-corrected chi connectivity index (χ3v) is 6.91. The van der Waals surface area contributed by atoms with Gasteiger partial charge in [0, 0.05) is 12.1 Å². The topological polar surface area (TPSA) is 55.4 Å². The Bertz CT molecular complexity index is 959. The Morgan fingerprint density at radius 2 is 1.69 bits per heavy atom. The zero-order valence-electron chi connectivity index (χ0n) is 17.0. The van der Waals surface area contributed by atoms with Crippen LogP contribution in [0.3, 0.4) is 0 Å². The highest BCUT2D eigenvalue weighted by Gasteiger charge is 2.54. The summed E-state index contributed by atoms with van der Waals surface area (Å²) in [5.41, 5.74) is 4.08. The number of hydrogen-bond acceptors (Lipinski definition) is 3. The van der Waals surface area contributed by atoms with Crippen LogP contribution in [0.5, 0.6) is 0 Å². The third-order valence-electron chi connectivity index (χ3n) is 6.65. The largest absolute Gasteiger partial charge is 0.381 e. The molecule has 1 saturated carbocycles. The zero-order chi connectivity index (χ0) is 20.8. The molecule has 1 heterocycles. The van der Waals surface area contributed by atoms with E-state index < -0.39 is 11.5 Å². The smallest absolute Gasteiger partial charge is 0.235 e. The molecule has 2 fully saturated rings. The van der Waals surface area contributed by atoms with E-state index in [2.05, 4.69) is 5.32 Å². The number of benzene rings is 2. The van der Waals surface area contributed by atoms with Crippen molar-refractivity contribution in [3.8, 4) is 11.1 Å². The molecule has 1 spiro atoms. The van der Waals surface area contributed by atoms with E-state index in [9.17, 15) is 9.59 Å². The second-order valence-electron chi connectivity index (χ2n) is 8.28. The van der Waals surface area contributed by atoms with Crippen LogP contribution in [-0.2, 0) is 14.3 Å². The van der Waals surface area contributed by atoms with Gasteiger partial charge in [0.2, 0.25) is 5.91 Å². The number of halogens is 1. The number of ketones is 1. The summed E-state index contributed by atoms with van der Waals surface area (Å²) in [6, 6.07) is 11.7. The molecule has 4 nitrogen and oxygen atoms in total. The fraction of sp³-hybridized carbons (Fsp3) is 0.417. The van der Waals surface area contributed by atoms with Crippen molar-refractivity contribution in [2.45, 2.75) is 57.1 Å². The van der Waals surface area contributed by atoms with Crippen LogP contribution >= 0.6 is 11.6 Å². The normalized spacial score (nSPS) is 26.8. The lowest BCUT2D eigenvalue weighted by Crippen LogP contribution is -2.50. The lowest BCUT2D eigenvalue weighted by atomic mass is 9.74. The highest BCUT2D eigenvalue weighted by atomic mass is 35.5. The highest BCUT2D eigenvalue weighted by molar-refractivity contribution is 6.30. The minimum Gasteiger partial charge on any atom is -0.381 e. The number of carbonyl (C=O) groups is 2. The summed E-state index contributed by atoms with van der Waals surface area (Å²) in [5, 5.41) is 3.75. The van der Waals surface area contributed by atoms with E-state index in [-0.39, 0.29) is 17.8 Å². The van der Waals surface area contributed by atoms with Crippen molar-refractivity contribution in [2.24, 2.45) is 0 Å². The van der Waals surface area contributed by atoms with E-state index in [1.807, 2.05) is 50.2 Å². The zero-order valence-corrected chi connectivity index (χ0v) is 17.8. The van der Waals surface area contributed by atoms with E-state index in [1.165, 1.54) is 0 Å². The molecule has 1 amide bonds. The van der Waals surface area contributed by atoms with E-state index in [0.717, 1.165) is 40.7 Å². The molecule has 5 heteroatoms. The summed E-state index contributed by atoms with van der Waals surface area (Å²) < 4.78 is 5.45. The minimum atomic E-state index is -0.749. The van der Waals surface area contributed by atoms with E-state index in [4.69, 9.17) is 16.3 Å². The van der Waals surface area contributed by atoms with Crippen LogP contribution in [0.25, 0.3) is 11.1 Å². The van der Waals surface area contributed by atoms with Gasteiger partial charge in [0.05, 0.1) is 11.6 Å². The standard InChI is InChI=1S/C24H26ClNO3/c1-14-4-9-19(16-5-7-17(25)8-6-16)15(2)20(14)21-22(27)24(26-23(21)28)12-10-18(29-3)11-13-24/h4-9,18,21H,10-13H2,1-3H3,(H,26,28). The minimum absolute atomic E-state index is 0.0107. The average Bonchev–Trinajstić information content (AvgIpc) is 2.94. The van der Waals surface area contributed by atoms with Gasteiger partial charge < -0.3 is 10.1 Å². The predicted molar refractivity (Wildman–Crippen MR) is 114 cm³/mol.